The van der Waals surface area contributed by atoms with Crippen LogP contribution in [-0.2, 0) is 20.7 Å². The van der Waals surface area contributed by atoms with Crippen molar-refractivity contribution in [2.45, 2.75) is 30.6 Å². The fraction of sp³-hybridized carbons (Fsp3) is 0.333. The van der Waals surface area contributed by atoms with E-state index in [1.807, 2.05) is 0 Å². The van der Waals surface area contributed by atoms with Gasteiger partial charge in [0.2, 0.25) is 0 Å². The Morgan fingerprint density at radius 3 is 2.39 bits per heavy atom. The summed E-state index contributed by atoms with van der Waals surface area (Å²) in [6, 6.07) is 12.2. The number of aliphatic hydroxyl groups is 1. The molecule has 3 rings (SSSR count). The van der Waals surface area contributed by atoms with Gasteiger partial charge in [-0.05, 0) is 56.7 Å². The van der Waals surface area contributed by atoms with Crippen molar-refractivity contribution in [3.05, 3.63) is 60.3 Å². The smallest absolute Gasteiger partial charge is 0.257 e. The molecule has 10 nitrogen and oxygen atoms in total. The summed E-state index contributed by atoms with van der Waals surface area (Å²) in [4.78, 5) is 13.2. The summed E-state index contributed by atoms with van der Waals surface area (Å²) >= 11 is 0. The van der Waals surface area contributed by atoms with E-state index in [2.05, 4.69) is 10.4 Å². The molecular weight excluding hydrogens is 505 g/mol. The van der Waals surface area contributed by atoms with Crippen molar-refractivity contribution in [2.75, 3.05) is 31.5 Å². The highest BCUT2D eigenvalue weighted by Gasteiger charge is 2.16. The van der Waals surface area contributed by atoms with Crippen molar-refractivity contribution < 1.29 is 32.4 Å². The number of aliphatic hydroxyl groups excluding tert-OH is 1. The lowest BCUT2D eigenvalue weighted by molar-refractivity contribution is 0.102. The van der Waals surface area contributed by atoms with Gasteiger partial charge in [0.05, 0.1) is 17.3 Å². The van der Waals surface area contributed by atoms with Crippen LogP contribution < -0.4 is 14.8 Å². The van der Waals surface area contributed by atoms with Crippen LogP contribution in [0.3, 0.4) is 0 Å². The van der Waals surface area contributed by atoms with E-state index in [0.717, 1.165) is 6.26 Å². The number of ether oxygens (including phenoxy) is 2. The number of nitrogens with zero attached hydrogens (tertiary/aromatic N) is 2. The minimum atomic E-state index is -3.35. The van der Waals surface area contributed by atoms with Crippen molar-refractivity contribution in [1.29, 1.82) is 0 Å². The van der Waals surface area contributed by atoms with Crippen LogP contribution in [0.5, 0.6) is 17.2 Å². The maximum atomic E-state index is 13.0. The third kappa shape index (κ3) is 8.22. The predicted molar refractivity (Wildman–Crippen MR) is 137 cm³/mol. The van der Waals surface area contributed by atoms with Gasteiger partial charge in [-0.15, -0.1) is 0 Å². The average molecular weight is 536 g/mol. The van der Waals surface area contributed by atoms with E-state index >= 15 is 0 Å². The summed E-state index contributed by atoms with van der Waals surface area (Å²) in [6.07, 6.45) is 3.10. The number of rotatable bonds is 11. The fourth-order valence-corrected chi connectivity index (χ4v) is 4.72. The lowest BCUT2D eigenvalue weighted by atomic mass is 10.1. The first-order chi connectivity index (χ1) is 16.8. The Morgan fingerprint density at radius 1 is 1.11 bits per heavy atom. The van der Waals surface area contributed by atoms with Crippen LogP contribution in [0.15, 0.2) is 59.6 Å². The van der Waals surface area contributed by atoms with E-state index in [1.165, 1.54) is 35.0 Å². The highest BCUT2D eigenvalue weighted by Crippen LogP contribution is 2.37. The van der Waals surface area contributed by atoms with Gasteiger partial charge in [0, 0.05) is 43.2 Å². The van der Waals surface area contributed by atoms with Gasteiger partial charge in [-0.3, -0.25) is 9.48 Å². The van der Waals surface area contributed by atoms with Crippen LogP contribution in [0.25, 0.3) is 0 Å². The van der Waals surface area contributed by atoms with Crippen LogP contribution in [0.2, 0.25) is 0 Å². The molecular formula is C24H30N3O7PS. The molecule has 0 unspecified atom stereocenters. The number of benzene rings is 2. The van der Waals surface area contributed by atoms with E-state index in [4.69, 9.17) is 9.47 Å². The van der Waals surface area contributed by atoms with Crippen molar-refractivity contribution in [1.82, 2.24) is 9.78 Å². The molecule has 0 aliphatic heterocycles. The topological polar surface area (TPSA) is 137 Å². The average Bonchev–Trinajstić information content (AvgIpc) is 3.18. The molecule has 1 atom stereocenters. The summed E-state index contributed by atoms with van der Waals surface area (Å²) < 4.78 is 48.7. The zero-order valence-corrected chi connectivity index (χ0v) is 22.3. The molecule has 3 aromatic rings. The minimum Gasteiger partial charge on any atom is -0.490 e. The molecule has 0 radical (unpaired) electrons. The number of sulfone groups is 1. The first-order valence-corrected chi connectivity index (χ1v) is 15.8. The Morgan fingerprint density at radius 2 is 1.78 bits per heavy atom. The van der Waals surface area contributed by atoms with Gasteiger partial charge in [0.25, 0.3) is 5.91 Å². The number of anilines is 1. The van der Waals surface area contributed by atoms with Gasteiger partial charge in [-0.1, -0.05) is 0 Å². The lowest BCUT2D eigenvalue weighted by Gasteiger charge is -2.16. The first kappa shape index (κ1) is 27.4. The van der Waals surface area contributed by atoms with Crippen LogP contribution in [0, 0.1) is 0 Å². The highest BCUT2D eigenvalue weighted by molar-refractivity contribution is 7.90. The van der Waals surface area contributed by atoms with E-state index < -0.39 is 22.9 Å². The largest absolute Gasteiger partial charge is 0.490 e. The summed E-state index contributed by atoms with van der Waals surface area (Å²) in [5, 5.41) is 16.1. The second-order valence-corrected chi connectivity index (χ2v) is 14.3. The zero-order chi connectivity index (χ0) is 26.5. The number of carbonyl (C=O) groups excluding carboxylic acids is 1. The quantitative estimate of drug-likeness (QED) is 0.351. The Bertz CT molecular complexity index is 1360. The SMILES string of the molecule is C[C@@H](CCO)Oc1cc(Oc2ccc(S(C)(=O)=O)cc2)cc(C(=O)Nc2ccn(CP(C)(C)=O)n2)c1. The third-order valence-corrected chi connectivity index (χ3v) is 6.97. The molecule has 2 N–H and O–H groups in total. The maximum Gasteiger partial charge on any atom is 0.257 e. The highest BCUT2D eigenvalue weighted by atomic mass is 32.2. The van der Waals surface area contributed by atoms with E-state index in [0.29, 0.717) is 29.5 Å². The fourth-order valence-electron chi connectivity index (χ4n) is 3.24. The molecule has 0 fully saturated rings. The van der Waals surface area contributed by atoms with E-state index in [-0.39, 0.29) is 29.5 Å². The monoisotopic (exact) mass is 535 g/mol. The second kappa shape index (κ2) is 11.3. The number of aromatic nitrogens is 2. The Labute approximate surface area is 210 Å². The summed E-state index contributed by atoms with van der Waals surface area (Å²) in [6.45, 7) is 5.06. The Kier molecular flexibility index (Phi) is 8.60. The summed E-state index contributed by atoms with van der Waals surface area (Å²) in [5.74, 6) is 0.858. The Balaban J connectivity index is 1.85. The number of hydrogen-bond donors (Lipinski definition) is 2. The second-order valence-electron chi connectivity index (χ2n) is 8.89. The molecule has 0 aliphatic rings. The molecule has 0 saturated carbocycles. The third-order valence-electron chi connectivity index (χ3n) is 4.87. The van der Waals surface area contributed by atoms with Crippen molar-refractivity contribution in [2.24, 2.45) is 0 Å². The van der Waals surface area contributed by atoms with Crippen LogP contribution in [-0.4, -0.2) is 61.5 Å². The maximum absolute atomic E-state index is 13.0. The molecule has 0 bridgehead atoms. The molecule has 0 spiro atoms. The Hall–Kier alpha value is -3.14. The van der Waals surface area contributed by atoms with Gasteiger partial charge in [-0.25, -0.2) is 8.42 Å². The molecule has 36 heavy (non-hydrogen) atoms. The number of nitrogens with one attached hydrogen (secondary N) is 1. The van der Waals surface area contributed by atoms with Gasteiger partial charge >= 0.3 is 0 Å². The molecule has 194 valence electrons. The molecule has 0 aliphatic carbocycles. The summed E-state index contributed by atoms with van der Waals surface area (Å²) in [7, 11) is -5.69. The molecule has 1 amide bonds. The standard InChI is InChI=1S/C24H30N3O7PS/c1-17(10-12-28)33-20-13-18(24(29)25-23-9-11-27(26-23)16-35(2,3)30)14-21(15-20)34-19-5-7-22(8-6-19)36(4,31)32/h5-9,11,13-15,17,28H,10,12,16H2,1-4H3,(H,25,26,29)/t17-/m0/s1. The zero-order valence-electron chi connectivity index (χ0n) is 20.5. The number of hydrogen-bond acceptors (Lipinski definition) is 8. The van der Waals surface area contributed by atoms with Gasteiger partial charge in [0.15, 0.2) is 15.7 Å². The van der Waals surface area contributed by atoms with Gasteiger partial charge in [-0.2, -0.15) is 5.10 Å². The van der Waals surface area contributed by atoms with Crippen molar-refractivity contribution in [3.63, 3.8) is 0 Å². The molecule has 12 heteroatoms. The van der Waals surface area contributed by atoms with E-state index in [9.17, 15) is 22.9 Å². The van der Waals surface area contributed by atoms with Crippen LogP contribution in [0.4, 0.5) is 5.82 Å². The first-order valence-electron chi connectivity index (χ1n) is 11.1. The van der Waals surface area contributed by atoms with Gasteiger partial charge in [0.1, 0.15) is 24.4 Å². The van der Waals surface area contributed by atoms with E-state index in [1.54, 1.807) is 44.6 Å². The normalized spacial score (nSPS) is 12.7. The van der Waals surface area contributed by atoms with Crippen molar-refractivity contribution >= 4 is 28.7 Å². The number of carbonyl (C=O) groups is 1. The predicted octanol–water partition coefficient (Wildman–Crippen LogP) is 4.06. The molecule has 0 saturated heterocycles. The van der Waals surface area contributed by atoms with Gasteiger partial charge < -0.3 is 24.5 Å². The van der Waals surface area contributed by atoms with Crippen LogP contribution in [0.1, 0.15) is 23.7 Å². The molecule has 1 heterocycles. The minimum absolute atomic E-state index is 0.0531. The number of amides is 1. The lowest BCUT2D eigenvalue weighted by Crippen LogP contribution is -2.16. The van der Waals surface area contributed by atoms with Crippen LogP contribution >= 0.6 is 7.14 Å². The molecule has 1 aromatic heterocycles. The molecule has 2 aromatic carbocycles. The van der Waals surface area contributed by atoms with Crippen molar-refractivity contribution in [3.8, 4) is 17.2 Å². The summed E-state index contributed by atoms with van der Waals surface area (Å²) in [5.41, 5.74) is 0.234.